The molecule has 114 valence electrons. The number of carbonyl (C=O) groups is 3. The molecule has 1 amide bonds. The van der Waals surface area contributed by atoms with Gasteiger partial charge in [-0.3, -0.25) is 19.4 Å². The molecule has 0 bridgehead atoms. The number of hydrogen-bond donors (Lipinski definition) is 4. The average molecular weight is 299 g/mol. The van der Waals surface area contributed by atoms with Crippen molar-refractivity contribution < 1.29 is 24.2 Å². The van der Waals surface area contributed by atoms with Crippen LogP contribution in [0.25, 0.3) is 0 Å². The van der Waals surface area contributed by atoms with E-state index in [9.17, 15) is 24.0 Å². The first kappa shape index (κ1) is 16.1. The largest absolute Gasteiger partial charge is 0.480 e. The van der Waals surface area contributed by atoms with Crippen LogP contribution in [-0.2, 0) is 14.3 Å². The van der Waals surface area contributed by atoms with Crippen molar-refractivity contribution in [2.45, 2.75) is 18.9 Å². The fourth-order valence-electron chi connectivity index (χ4n) is 1.45. The highest BCUT2D eigenvalue weighted by atomic mass is 16.5. The summed E-state index contributed by atoms with van der Waals surface area (Å²) >= 11 is 0. The van der Waals surface area contributed by atoms with Gasteiger partial charge in [-0.1, -0.05) is 0 Å². The minimum Gasteiger partial charge on any atom is -0.480 e. The SMILES string of the molecule is COC(=O)CCC(NC(=O)c1cc(=O)[nH]c(=O)[nH]1)C(=O)O. The number of amides is 1. The van der Waals surface area contributed by atoms with Crippen molar-refractivity contribution in [2.24, 2.45) is 0 Å². The zero-order chi connectivity index (χ0) is 16.0. The van der Waals surface area contributed by atoms with Gasteiger partial charge in [0.15, 0.2) is 0 Å². The number of esters is 1. The Morgan fingerprint density at radius 1 is 1.33 bits per heavy atom. The number of H-pyrrole nitrogens is 2. The number of aromatic nitrogens is 2. The summed E-state index contributed by atoms with van der Waals surface area (Å²) in [5, 5.41) is 11.1. The van der Waals surface area contributed by atoms with Crippen LogP contribution in [-0.4, -0.2) is 46.1 Å². The molecule has 10 heteroatoms. The van der Waals surface area contributed by atoms with Gasteiger partial charge in [0.2, 0.25) is 0 Å². The summed E-state index contributed by atoms with van der Waals surface area (Å²) < 4.78 is 4.36. The van der Waals surface area contributed by atoms with Gasteiger partial charge < -0.3 is 20.1 Å². The van der Waals surface area contributed by atoms with Crippen LogP contribution in [0.15, 0.2) is 15.7 Å². The summed E-state index contributed by atoms with van der Waals surface area (Å²) in [4.78, 5) is 59.7. The van der Waals surface area contributed by atoms with Gasteiger partial charge >= 0.3 is 17.6 Å². The molecule has 0 aliphatic carbocycles. The van der Waals surface area contributed by atoms with Gasteiger partial charge in [0, 0.05) is 12.5 Å². The quantitative estimate of drug-likeness (QED) is 0.451. The molecule has 4 N–H and O–H groups in total. The lowest BCUT2D eigenvalue weighted by atomic mass is 10.1. The van der Waals surface area contributed by atoms with Crippen LogP contribution in [0.2, 0.25) is 0 Å². The zero-order valence-corrected chi connectivity index (χ0v) is 11.0. The molecule has 1 aromatic rings. The molecule has 1 unspecified atom stereocenters. The third kappa shape index (κ3) is 4.93. The van der Waals surface area contributed by atoms with E-state index in [2.05, 4.69) is 15.0 Å². The van der Waals surface area contributed by atoms with Crippen molar-refractivity contribution >= 4 is 17.8 Å². The summed E-state index contributed by atoms with van der Waals surface area (Å²) in [5.74, 6) is -2.94. The van der Waals surface area contributed by atoms with E-state index in [4.69, 9.17) is 5.11 Å². The smallest absolute Gasteiger partial charge is 0.326 e. The normalized spacial score (nSPS) is 11.5. The number of carboxylic acids is 1. The van der Waals surface area contributed by atoms with Gasteiger partial charge in [0.1, 0.15) is 11.7 Å². The van der Waals surface area contributed by atoms with Crippen LogP contribution in [0.5, 0.6) is 0 Å². The number of rotatable bonds is 6. The molecular weight excluding hydrogens is 286 g/mol. The molecule has 0 spiro atoms. The van der Waals surface area contributed by atoms with Gasteiger partial charge in [0.25, 0.3) is 11.5 Å². The Kier molecular flexibility index (Phi) is 5.40. The van der Waals surface area contributed by atoms with E-state index in [-0.39, 0.29) is 18.5 Å². The minimum atomic E-state index is -1.36. The van der Waals surface area contributed by atoms with Crippen molar-refractivity contribution in [1.29, 1.82) is 0 Å². The summed E-state index contributed by atoms with van der Waals surface area (Å²) in [6.45, 7) is 0. The van der Waals surface area contributed by atoms with Crippen LogP contribution in [0.1, 0.15) is 23.3 Å². The Hall–Kier alpha value is -2.91. The number of carbonyl (C=O) groups excluding carboxylic acids is 2. The molecule has 0 saturated heterocycles. The Bertz CT molecular complexity index is 632. The summed E-state index contributed by atoms with van der Waals surface area (Å²) in [6, 6.07) is -0.546. The second kappa shape index (κ2) is 7.03. The highest BCUT2D eigenvalue weighted by molar-refractivity contribution is 5.94. The van der Waals surface area contributed by atoms with Gasteiger partial charge in [0.05, 0.1) is 7.11 Å². The molecule has 1 atom stereocenters. The Balaban J connectivity index is 2.81. The van der Waals surface area contributed by atoms with Crippen LogP contribution in [0.4, 0.5) is 0 Å². The van der Waals surface area contributed by atoms with Crippen molar-refractivity contribution in [3.8, 4) is 0 Å². The molecule has 0 aliphatic rings. The lowest BCUT2D eigenvalue weighted by molar-refractivity contribution is -0.142. The lowest BCUT2D eigenvalue weighted by Gasteiger charge is -2.13. The number of nitrogens with one attached hydrogen (secondary N) is 3. The van der Waals surface area contributed by atoms with Crippen molar-refractivity contribution in [3.63, 3.8) is 0 Å². The maximum absolute atomic E-state index is 11.8. The van der Waals surface area contributed by atoms with E-state index in [1.54, 1.807) is 0 Å². The summed E-state index contributed by atoms with van der Waals surface area (Å²) in [6.07, 6.45) is -0.402. The molecule has 21 heavy (non-hydrogen) atoms. The second-order valence-electron chi connectivity index (χ2n) is 3.98. The molecule has 1 rings (SSSR count). The van der Waals surface area contributed by atoms with Crippen molar-refractivity contribution in [2.75, 3.05) is 7.11 Å². The fraction of sp³-hybridized carbons (Fsp3) is 0.364. The third-order valence-electron chi connectivity index (χ3n) is 2.47. The summed E-state index contributed by atoms with van der Waals surface area (Å²) in [7, 11) is 1.15. The maximum atomic E-state index is 11.8. The van der Waals surface area contributed by atoms with Crippen LogP contribution in [0.3, 0.4) is 0 Å². The number of ether oxygens (including phenoxy) is 1. The molecule has 0 aromatic carbocycles. The van der Waals surface area contributed by atoms with Crippen LogP contribution in [0, 0.1) is 0 Å². The topological polar surface area (TPSA) is 158 Å². The monoisotopic (exact) mass is 299 g/mol. The lowest BCUT2D eigenvalue weighted by Crippen LogP contribution is -2.42. The molecule has 1 aromatic heterocycles. The number of hydrogen-bond acceptors (Lipinski definition) is 6. The van der Waals surface area contributed by atoms with Crippen molar-refractivity contribution in [1.82, 2.24) is 15.3 Å². The first-order valence-electron chi connectivity index (χ1n) is 5.77. The van der Waals surface area contributed by atoms with E-state index in [0.717, 1.165) is 13.2 Å². The summed E-state index contributed by atoms with van der Waals surface area (Å²) in [5.41, 5.74) is -2.08. The second-order valence-corrected chi connectivity index (χ2v) is 3.98. The predicted molar refractivity (Wildman–Crippen MR) is 67.8 cm³/mol. The highest BCUT2D eigenvalue weighted by Crippen LogP contribution is 2.01. The molecular formula is C11H13N3O7. The Morgan fingerprint density at radius 3 is 2.52 bits per heavy atom. The third-order valence-corrected chi connectivity index (χ3v) is 2.47. The van der Waals surface area contributed by atoms with E-state index >= 15 is 0 Å². The maximum Gasteiger partial charge on any atom is 0.326 e. The van der Waals surface area contributed by atoms with Crippen LogP contribution < -0.4 is 16.6 Å². The number of carboxylic acid groups (broad SMARTS) is 1. The van der Waals surface area contributed by atoms with E-state index in [1.807, 2.05) is 4.98 Å². The highest BCUT2D eigenvalue weighted by Gasteiger charge is 2.22. The minimum absolute atomic E-state index is 0.193. The Labute approximate surface area is 117 Å². The van der Waals surface area contributed by atoms with E-state index < -0.39 is 35.1 Å². The molecule has 10 nitrogen and oxygen atoms in total. The average Bonchev–Trinajstić information content (AvgIpc) is 2.41. The van der Waals surface area contributed by atoms with E-state index in [0.29, 0.717) is 0 Å². The predicted octanol–water partition coefficient (Wildman–Crippen LogP) is -1.80. The van der Waals surface area contributed by atoms with Gasteiger partial charge in [-0.05, 0) is 6.42 Å². The molecule has 0 saturated carbocycles. The number of aliphatic carboxylic acids is 1. The van der Waals surface area contributed by atoms with E-state index in [1.165, 1.54) is 0 Å². The molecule has 0 fully saturated rings. The van der Waals surface area contributed by atoms with Crippen LogP contribution >= 0.6 is 0 Å². The first-order valence-corrected chi connectivity index (χ1v) is 5.77. The molecule has 1 heterocycles. The Morgan fingerprint density at radius 2 is 2.00 bits per heavy atom. The number of methoxy groups -OCH3 is 1. The molecule has 0 radical (unpaired) electrons. The van der Waals surface area contributed by atoms with Gasteiger partial charge in [-0.2, -0.15) is 0 Å². The fourth-order valence-corrected chi connectivity index (χ4v) is 1.45. The molecule has 0 aliphatic heterocycles. The van der Waals surface area contributed by atoms with Gasteiger partial charge in [-0.25, -0.2) is 9.59 Å². The standard InChI is InChI=1S/C11H13N3O7/c1-21-8(16)3-2-5(10(18)19)12-9(17)6-4-7(15)14-11(20)13-6/h4-5H,2-3H2,1H3,(H,12,17)(H,18,19)(H2,13,14,15,20). The zero-order valence-electron chi connectivity index (χ0n) is 11.0. The number of aromatic amines is 2. The van der Waals surface area contributed by atoms with Crippen molar-refractivity contribution in [3.05, 3.63) is 32.6 Å². The van der Waals surface area contributed by atoms with Gasteiger partial charge in [-0.15, -0.1) is 0 Å². The first-order chi connectivity index (χ1) is 9.83.